The molecule has 2 heterocycles. The van der Waals surface area contributed by atoms with Crippen LogP contribution in [0.25, 0.3) is 0 Å². The first-order chi connectivity index (χ1) is 13.4. The number of hydrogen-bond donors (Lipinski definition) is 2. The topological polar surface area (TPSA) is 108 Å². The van der Waals surface area contributed by atoms with Crippen LogP contribution in [-0.4, -0.2) is 66.9 Å². The first-order valence-electron chi connectivity index (χ1n) is 9.67. The Morgan fingerprint density at radius 3 is 2.57 bits per heavy atom. The number of anilines is 1. The molecule has 9 nitrogen and oxygen atoms in total. The second kappa shape index (κ2) is 8.55. The summed E-state index contributed by atoms with van der Waals surface area (Å²) < 4.78 is 0. The zero-order chi connectivity index (χ0) is 20.3. The molecule has 2 amide bonds. The molecule has 1 aromatic rings. The van der Waals surface area contributed by atoms with Gasteiger partial charge in [0.25, 0.3) is 11.6 Å². The van der Waals surface area contributed by atoms with Crippen molar-refractivity contribution < 1.29 is 14.5 Å². The van der Waals surface area contributed by atoms with Gasteiger partial charge < -0.3 is 20.4 Å². The number of nitrogens with zero attached hydrogens (tertiary/aromatic N) is 3. The van der Waals surface area contributed by atoms with E-state index in [4.69, 9.17) is 0 Å². The Morgan fingerprint density at radius 2 is 1.96 bits per heavy atom. The highest BCUT2D eigenvalue weighted by atomic mass is 16.6. The third-order valence-corrected chi connectivity index (χ3v) is 5.64. The minimum absolute atomic E-state index is 0.00704. The Hall–Kier alpha value is -2.68. The third kappa shape index (κ3) is 4.41. The summed E-state index contributed by atoms with van der Waals surface area (Å²) in [6, 6.07) is 4.64. The number of nitro benzene ring substituents is 1. The van der Waals surface area contributed by atoms with Crippen LogP contribution in [0.5, 0.6) is 0 Å². The van der Waals surface area contributed by atoms with Gasteiger partial charge in [0.1, 0.15) is 5.69 Å². The van der Waals surface area contributed by atoms with Crippen molar-refractivity contribution in [2.45, 2.75) is 26.3 Å². The molecule has 2 aliphatic heterocycles. The number of nitro groups is 1. The molecule has 2 unspecified atom stereocenters. The molecule has 2 N–H and O–H groups in total. The number of piperazine rings is 1. The van der Waals surface area contributed by atoms with Crippen molar-refractivity contribution in [3.63, 3.8) is 0 Å². The molecule has 0 radical (unpaired) electrons. The maximum absolute atomic E-state index is 12.6. The van der Waals surface area contributed by atoms with E-state index in [-0.39, 0.29) is 29.1 Å². The number of rotatable bonds is 4. The minimum Gasteiger partial charge on any atom is -0.362 e. The van der Waals surface area contributed by atoms with Crippen LogP contribution in [0.4, 0.5) is 11.4 Å². The second-order valence-electron chi connectivity index (χ2n) is 7.50. The van der Waals surface area contributed by atoms with Gasteiger partial charge >= 0.3 is 0 Å². The smallest absolute Gasteiger partial charge is 0.293 e. The molecule has 0 saturated carbocycles. The molecule has 2 saturated heterocycles. The molecule has 1 aromatic carbocycles. The van der Waals surface area contributed by atoms with Crippen LogP contribution in [0, 0.1) is 16.0 Å². The molecule has 9 heteroatoms. The average Bonchev–Trinajstić information content (AvgIpc) is 2.69. The molecule has 2 aliphatic rings. The van der Waals surface area contributed by atoms with E-state index in [1.165, 1.54) is 13.0 Å². The van der Waals surface area contributed by atoms with Gasteiger partial charge in [-0.25, -0.2) is 0 Å². The molecule has 2 fully saturated rings. The van der Waals surface area contributed by atoms with Gasteiger partial charge in [0, 0.05) is 57.3 Å². The number of carbonyl (C=O) groups is 2. The average molecular weight is 389 g/mol. The highest BCUT2D eigenvalue weighted by Crippen LogP contribution is 2.30. The monoisotopic (exact) mass is 389 g/mol. The number of nitrogens with one attached hydrogen (secondary N) is 2. The number of hydrogen-bond acceptors (Lipinski definition) is 6. The van der Waals surface area contributed by atoms with Crippen LogP contribution in [0.3, 0.4) is 0 Å². The Kier molecular flexibility index (Phi) is 6.13. The van der Waals surface area contributed by atoms with Gasteiger partial charge in [-0.15, -0.1) is 0 Å². The Bertz CT molecular complexity index is 761. The quantitative estimate of drug-likeness (QED) is 0.587. The van der Waals surface area contributed by atoms with E-state index in [1.54, 1.807) is 17.0 Å². The van der Waals surface area contributed by atoms with Crippen molar-refractivity contribution in [3.8, 4) is 0 Å². The van der Waals surface area contributed by atoms with Gasteiger partial charge in [-0.1, -0.05) is 6.92 Å². The van der Waals surface area contributed by atoms with Gasteiger partial charge in [0.2, 0.25) is 5.91 Å². The third-order valence-electron chi connectivity index (χ3n) is 5.64. The number of piperidine rings is 1. The summed E-state index contributed by atoms with van der Waals surface area (Å²) in [7, 11) is 0. The summed E-state index contributed by atoms with van der Waals surface area (Å²) in [6.07, 6.45) is 0.982. The Balaban J connectivity index is 1.75. The maximum Gasteiger partial charge on any atom is 0.293 e. The summed E-state index contributed by atoms with van der Waals surface area (Å²) in [4.78, 5) is 38.9. The van der Waals surface area contributed by atoms with Gasteiger partial charge in [-0.05, 0) is 31.0 Å². The van der Waals surface area contributed by atoms with E-state index in [0.717, 1.165) is 13.0 Å². The summed E-state index contributed by atoms with van der Waals surface area (Å²) in [5.41, 5.74) is 0.687. The lowest BCUT2D eigenvalue weighted by atomic mass is 9.94. The Labute approximate surface area is 164 Å². The molecule has 2 atom stereocenters. The van der Waals surface area contributed by atoms with Crippen LogP contribution in [0.2, 0.25) is 0 Å². The second-order valence-corrected chi connectivity index (χ2v) is 7.50. The summed E-state index contributed by atoms with van der Waals surface area (Å²) in [5, 5.41) is 17.9. The lowest BCUT2D eigenvalue weighted by molar-refractivity contribution is -0.384. The standard InChI is InChI=1S/C19H27N5O4/c1-13-5-6-20-12-16(13)21-19(26)15-3-4-17(18(11-15)24(27)28)23-9-7-22(8-10-23)14(2)25/h3-4,11,13,16,20H,5-10,12H2,1-2H3,(H,21,26). The lowest BCUT2D eigenvalue weighted by Gasteiger charge is -2.35. The van der Waals surface area contributed by atoms with Crippen LogP contribution >= 0.6 is 0 Å². The SMILES string of the molecule is CC(=O)N1CCN(c2ccc(C(=O)NC3CNCCC3C)cc2[N+](=O)[O-])CC1. The van der Waals surface area contributed by atoms with Crippen LogP contribution in [0.1, 0.15) is 30.6 Å². The molecule has 3 rings (SSSR count). The highest BCUT2D eigenvalue weighted by Gasteiger charge is 2.27. The molecule has 0 aromatic heterocycles. The van der Waals surface area contributed by atoms with E-state index < -0.39 is 4.92 Å². The van der Waals surface area contributed by atoms with E-state index in [9.17, 15) is 19.7 Å². The molecular weight excluding hydrogens is 362 g/mol. The number of benzene rings is 1. The number of carbonyl (C=O) groups excluding carboxylic acids is 2. The normalized spacial score (nSPS) is 22.6. The lowest BCUT2D eigenvalue weighted by Crippen LogP contribution is -2.50. The van der Waals surface area contributed by atoms with Crippen molar-refractivity contribution in [3.05, 3.63) is 33.9 Å². The fraction of sp³-hybridized carbons (Fsp3) is 0.579. The first-order valence-corrected chi connectivity index (χ1v) is 9.67. The van der Waals surface area contributed by atoms with Crippen LogP contribution in [-0.2, 0) is 4.79 Å². The van der Waals surface area contributed by atoms with Crippen molar-refractivity contribution in [1.82, 2.24) is 15.5 Å². The molecular formula is C19H27N5O4. The molecule has 0 spiro atoms. The maximum atomic E-state index is 12.6. The first kappa shape index (κ1) is 20.1. The van der Waals surface area contributed by atoms with E-state index in [2.05, 4.69) is 17.6 Å². The summed E-state index contributed by atoms with van der Waals surface area (Å²) >= 11 is 0. The van der Waals surface area contributed by atoms with Crippen LogP contribution < -0.4 is 15.5 Å². The van der Waals surface area contributed by atoms with Gasteiger partial charge in [-0.2, -0.15) is 0 Å². The molecule has 152 valence electrons. The van der Waals surface area contributed by atoms with Gasteiger partial charge in [0.15, 0.2) is 0 Å². The fourth-order valence-electron chi connectivity index (χ4n) is 3.78. The van der Waals surface area contributed by atoms with E-state index >= 15 is 0 Å². The molecule has 28 heavy (non-hydrogen) atoms. The van der Waals surface area contributed by atoms with Crippen molar-refractivity contribution in [2.75, 3.05) is 44.2 Å². The van der Waals surface area contributed by atoms with Gasteiger partial charge in [-0.3, -0.25) is 19.7 Å². The number of amides is 2. The van der Waals surface area contributed by atoms with Crippen molar-refractivity contribution in [2.24, 2.45) is 5.92 Å². The van der Waals surface area contributed by atoms with E-state index in [0.29, 0.717) is 44.3 Å². The van der Waals surface area contributed by atoms with Crippen molar-refractivity contribution >= 4 is 23.2 Å². The summed E-state index contributed by atoms with van der Waals surface area (Å²) in [6.45, 7) is 7.36. The predicted octanol–water partition coefficient (Wildman–Crippen LogP) is 0.991. The van der Waals surface area contributed by atoms with Gasteiger partial charge in [0.05, 0.1) is 4.92 Å². The minimum atomic E-state index is -0.450. The zero-order valence-corrected chi connectivity index (χ0v) is 16.3. The fourth-order valence-corrected chi connectivity index (χ4v) is 3.78. The largest absolute Gasteiger partial charge is 0.362 e. The zero-order valence-electron chi connectivity index (χ0n) is 16.3. The highest BCUT2D eigenvalue weighted by molar-refractivity contribution is 5.96. The van der Waals surface area contributed by atoms with Crippen molar-refractivity contribution in [1.29, 1.82) is 0 Å². The summed E-state index contributed by atoms with van der Waals surface area (Å²) in [5.74, 6) is 0.0706. The van der Waals surface area contributed by atoms with E-state index in [1.807, 2.05) is 4.90 Å². The molecule has 0 aliphatic carbocycles. The molecule has 0 bridgehead atoms. The Morgan fingerprint density at radius 1 is 1.25 bits per heavy atom. The van der Waals surface area contributed by atoms with Crippen LogP contribution in [0.15, 0.2) is 18.2 Å². The predicted molar refractivity (Wildman–Crippen MR) is 105 cm³/mol.